The monoisotopic (exact) mass is 442 g/mol. The lowest BCUT2D eigenvalue weighted by Crippen LogP contribution is -2.46. The van der Waals surface area contributed by atoms with Gasteiger partial charge in [0.05, 0.1) is 6.61 Å². The van der Waals surface area contributed by atoms with E-state index in [1.807, 2.05) is 78.6 Å². The van der Waals surface area contributed by atoms with Gasteiger partial charge in [-0.1, -0.05) is 48.5 Å². The van der Waals surface area contributed by atoms with Crippen molar-refractivity contribution < 1.29 is 14.3 Å². The van der Waals surface area contributed by atoms with Crippen molar-refractivity contribution in [2.75, 3.05) is 19.7 Å². The summed E-state index contributed by atoms with van der Waals surface area (Å²) in [6.07, 6.45) is 2.21. The molecule has 1 fully saturated rings. The zero-order chi connectivity index (χ0) is 23.0. The standard InChI is InChI=1S/C28H30N2O3/c1-2-33-25-14-12-22(13-15-25)28(32)30-18-16-24(17-19-30)29-27(31)26-11-7-6-10-23(26)20-21-8-4-3-5-9-21/h3-15,24H,2,16-20H2,1H3,(H,29,31). The summed E-state index contributed by atoms with van der Waals surface area (Å²) in [5, 5.41) is 3.19. The molecule has 3 aromatic carbocycles. The number of ether oxygens (including phenoxy) is 1. The van der Waals surface area contributed by atoms with E-state index >= 15 is 0 Å². The third kappa shape index (κ3) is 5.80. The highest BCUT2D eigenvalue weighted by molar-refractivity contribution is 5.96. The molecule has 0 aromatic heterocycles. The zero-order valence-electron chi connectivity index (χ0n) is 19.0. The predicted octanol–water partition coefficient (Wildman–Crippen LogP) is 4.71. The number of amides is 2. The average Bonchev–Trinajstić information content (AvgIpc) is 2.86. The minimum atomic E-state index is -0.0437. The highest BCUT2D eigenvalue weighted by atomic mass is 16.5. The second-order valence-corrected chi connectivity index (χ2v) is 8.32. The van der Waals surface area contributed by atoms with E-state index in [0.29, 0.717) is 30.8 Å². The molecule has 0 radical (unpaired) electrons. The summed E-state index contributed by atoms with van der Waals surface area (Å²) in [7, 11) is 0. The topological polar surface area (TPSA) is 58.6 Å². The van der Waals surface area contributed by atoms with Gasteiger partial charge in [0.15, 0.2) is 0 Å². The molecule has 2 amide bonds. The van der Waals surface area contributed by atoms with Crippen LogP contribution in [0.2, 0.25) is 0 Å². The number of piperidine rings is 1. The lowest BCUT2D eigenvalue weighted by molar-refractivity contribution is 0.0698. The van der Waals surface area contributed by atoms with E-state index in [4.69, 9.17) is 4.74 Å². The van der Waals surface area contributed by atoms with Crippen LogP contribution < -0.4 is 10.1 Å². The van der Waals surface area contributed by atoms with Gasteiger partial charge < -0.3 is 15.0 Å². The van der Waals surface area contributed by atoms with E-state index in [9.17, 15) is 9.59 Å². The number of rotatable bonds is 7. The Labute approximate surface area is 195 Å². The Kier molecular flexibility index (Phi) is 7.40. The van der Waals surface area contributed by atoms with Crippen LogP contribution in [0.25, 0.3) is 0 Å². The summed E-state index contributed by atoms with van der Waals surface area (Å²) in [5.41, 5.74) is 3.58. The van der Waals surface area contributed by atoms with Gasteiger partial charge in [-0.05, 0) is 67.6 Å². The molecule has 0 atom stereocenters. The molecule has 0 saturated carbocycles. The first-order valence-corrected chi connectivity index (χ1v) is 11.6. The van der Waals surface area contributed by atoms with Gasteiger partial charge in [0.25, 0.3) is 11.8 Å². The number of hydrogen-bond acceptors (Lipinski definition) is 3. The van der Waals surface area contributed by atoms with Crippen molar-refractivity contribution in [2.24, 2.45) is 0 Å². The normalized spacial score (nSPS) is 14.0. The molecule has 4 rings (SSSR count). The predicted molar refractivity (Wildman–Crippen MR) is 130 cm³/mol. The van der Waals surface area contributed by atoms with Crippen molar-refractivity contribution in [1.82, 2.24) is 10.2 Å². The minimum absolute atomic E-state index is 0.0241. The molecular formula is C28H30N2O3. The molecule has 1 aliphatic heterocycles. The van der Waals surface area contributed by atoms with Crippen molar-refractivity contribution >= 4 is 11.8 Å². The Bertz CT molecular complexity index is 1070. The molecule has 33 heavy (non-hydrogen) atoms. The SMILES string of the molecule is CCOc1ccc(C(=O)N2CCC(NC(=O)c3ccccc3Cc3ccccc3)CC2)cc1. The second-order valence-electron chi connectivity index (χ2n) is 8.32. The first-order chi connectivity index (χ1) is 16.1. The van der Waals surface area contributed by atoms with Crippen LogP contribution in [-0.2, 0) is 6.42 Å². The fraction of sp³-hybridized carbons (Fsp3) is 0.286. The summed E-state index contributed by atoms with van der Waals surface area (Å²) in [5.74, 6) is 0.747. The first-order valence-electron chi connectivity index (χ1n) is 11.6. The molecule has 1 aliphatic rings. The molecule has 1 saturated heterocycles. The largest absolute Gasteiger partial charge is 0.494 e. The molecule has 1 heterocycles. The van der Waals surface area contributed by atoms with Crippen molar-refractivity contribution in [2.45, 2.75) is 32.2 Å². The molecule has 0 unspecified atom stereocenters. The summed E-state index contributed by atoms with van der Waals surface area (Å²) in [6, 6.07) is 25.3. The highest BCUT2D eigenvalue weighted by Crippen LogP contribution is 2.19. The van der Waals surface area contributed by atoms with Crippen molar-refractivity contribution in [1.29, 1.82) is 0 Å². The molecule has 170 valence electrons. The second kappa shape index (κ2) is 10.8. The molecule has 5 heteroatoms. The lowest BCUT2D eigenvalue weighted by atomic mass is 9.98. The van der Waals surface area contributed by atoms with E-state index in [2.05, 4.69) is 17.4 Å². The van der Waals surface area contributed by atoms with Crippen molar-refractivity contribution in [3.8, 4) is 5.75 Å². The summed E-state index contributed by atoms with van der Waals surface area (Å²) < 4.78 is 5.45. The van der Waals surface area contributed by atoms with Crippen LogP contribution in [0.1, 0.15) is 51.6 Å². The molecular weight excluding hydrogens is 412 g/mol. The molecule has 0 bridgehead atoms. The van der Waals surface area contributed by atoms with E-state index in [1.54, 1.807) is 0 Å². The fourth-order valence-corrected chi connectivity index (χ4v) is 4.24. The molecule has 0 aliphatic carbocycles. The number of benzene rings is 3. The number of nitrogens with one attached hydrogen (secondary N) is 1. The highest BCUT2D eigenvalue weighted by Gasteiger charge is 2.25. The van der Waals surface area contributed by atoms with E-state index in [-0.39, 0.29) is 17.9 Å². The van der Waals surface area contributed by atoms with Gasteiger partial charge in [-0.3, -0.25) is 9.59 Å². The maximum absolute atomic E-state index is 13.0. The first kappa shape index (κ1) is 22.6. The number of carbonyl (C=O) groups is 2. The van der Waals surface area contributed by atoms with Gasteiger partial charge >= 0.3 is 0 Å². The van der Waals surface area contributed by atoms with Crippen LogP contribution in [-0.4, -0.2) is 42.5 Å². The maximum atomic E-state index is 13.0. The van der Waals surface area contributed by atoms with Gasteiger partial charge in [0.2, 0.25) is 0 Å². The summed E-state index contributed by atoms with van der Waals surface area (Å²) in [6.45, 7) is 3.79. The number of nitrogens with zero attached hydrogens (tertiary/aromatic N) is 1. The van der Waals surface area contributed by atoms with Crippen LogP contribution >= 0.6 is 0 Å². The van der Waals surface area contributed by atoms with Crippen LogP contribution in [0, 0.1) is 0 Å². The Morgan fingerprint density at radius 3 is 2.27 bits per heavy atom. The molecule has 1 N–H and O–H groups in total. The third-order valence-corrected chi connectivity index (χ3v) is 6.03. The molecule has 3 aromatic rings. The zero-order valence-corrected chi connectivity index (χ0v) is 19.0. The minimum Gasteiger partial charge on any atom is -0.494 e. The third-order valence-electron chi connectivity index (χ3n) is 6.03. The van der Waals surface area contributed by atoms with E-state index < -0.39 is 0 Å². The van der Waals surface area contributed by atoms with Crippen molar-refractivity contribution in [3.63, 3.8) is 0 Å². The number of likely N-dealkylation sites (tertiary alicyclic amines) is 1. The quantitative estimate of drug-likeness (QED) is 0.577. The summed E-state index contributed by atoms with van der Waals surface area (Å²) in [4.78, 5) is 27.7. The average molecular weight is 443 g/mol. The van der Waals surface area contributed by atoms with Gasteiger partial charge in [-0.15, -0.1) is 0 Å². The van der Waals surface area contributed by atoms with Crippen LogP contribution in [0.3, 0.4) is 0 Å². The maximum Gasteiger partial charge on any atom is 0.253 e. The number of hydrogen-bond donors (Lipinski definition) is 1. The Morgan fingerprint density at radius 2 is 1.58 bits per heavy atom. The van der Waals surface area contributed by atoms with Crippen LogP contribution in [0.5, 0.6) is 5.75 Å². The molecule has 0 spiro atoms. The van der Waals surface area contributed by atoms with Gasteiger partial charge in [0, 0.05) is 30.3 Å². The van der Waals surface area contributed by atoms with E-state index in [1.165, 1.54) is 5.56 Å². The van der Waals surface area contributed by atoms with Gasteiger partial charge in [0.1, 0.15) is 5.75 Å². The van der Waals surface area contributed by atoms with Gasteiger partial charge in [-0.25, -0.2) is 0 Å². The lowest BCUT2D eigenvalue weighted by Gasteiger charge is -2.32. The van der Waals surface area contributed by atoms with Crippen LogP contribution in [0.15, 0.2) is 78.9 Å². The molecule has 5 nitrogen and oxygen atoms in total. The Hall–Kier alpha value is -3.60. The van der Waals surface area contributed by atoms with E-state index in [0.717, 1.165) is 30.6 Å². The smallest absolute Gasteiger partial charge is 0.253 e. The fourth-order valence-electron chi connectivity index (χ4n) is 4.24. The summed E-state index contributed by atoms with van der Waals surface area (Å²) >= 11 is 0. The Balaban J connectivity index is 1.33. The number of carbonyl (C=O) groups excluding carboxylic acids is 2. The Morgan fingerprint density at radius 1 is 0.909 bits per heavy atom. The van der Waals surface area contributed by atoms with Gasteiger partial charge in [-0.2, -0.15) is 0 Å². The van der Waals surface area contributed by atoms with Crippen LogP contribution in [0.4, 0.5) is 0 Å². The van der Waals surface area contributed by atoms with Crippen molar-refractivity contribution in [3.05, 3.63) is 101 Å².